The lowest BCUT2D eigenvalue weighted by Crippen LogP contribution is -2.47. The Hall–Kier alpha value is -1.22. The Morgan fingerprint density at radius 3 is 2.88 bits per heavy atom. The van der Waals surface area contributed by atoms with E-state index < -0.39 is 0 Å². The van der Waals surface area contributed by atoms with E-state index in [1.54, 1.807) is 0 Å². The van der Waals surface area contributed by atoms with Crippen LogP contribution in [-0.4, -0.2) is 31.4 Å². The van der Waals surface area contributed by atoms with Crippen molar-refractivity contribution < 1.29 is 14.0 Å². The first-order valence-corrected chi connectivity index (χ1v) is 6.53. The summed E-state index contributed by atoms with van der Waals surface area (Å²) in [5.74, 6) is 1.89. The van der Waals surface area contributed by atoms with Crippen molar-refractivity contribution in [1.29, 1.82) is 0 Å². The highest BCUT2D eigenvalue weighted by Crippen LogP contribution is 2.46. The zero-order chi connectivity index (χ0) is 11.5. The quantitative estimate of drug-likeness (QED) is 0.639. The summed E-state index contributed by atoms with van der Waals surface area (Å²) in [7, 11) is 2.41. The SMILES string of the molecule is C[N+]12CCC[C@H]1c1cc3c(cc1CC2)OCO3. The number of rotatable bonds is 0. The molecule has 3 aliphatic rings. The second-order valence-electron chi connectivity index (χ2n) is 5.74. The standard InChI is InChI=1S/C14H18NO2/c1-15-5-2-3-12(15)11-8-14-13(16-9-17-14)7-10(11)4-6-15/h7-8,12H,2-6,9H2,1H3/q+1/t12-,15?/m0/s1. The minimum Gasteiger partial charge on any atom is -0.454 e. The van der Waals surface area contributed by atoms with Crippen LogP contribution in [-0.2, 0) is 6.42 Å². The monoisotopic (exact) mass is 232 g/mol. The number of ether oxygens (including phenoxy) is 2. The minimum atomic E-state index is 0.384. The maximum Gasteiger partial charge on any atom is 0.231 e. The molecule has 1 fully saturated rings. The molecule has 0 aliphatic carbocycles. The predicted octanol–water partition coefficient (Wildman–Crippen LogP) is 2.25. The van der Waals surface area contributed by atoms with E-state index in [9.17, 15) is 0 Å². The fourth-order valence-corrected chi connectivity index (χ4v) is 3.77. The number of nitrogens with zero attached hydrogens (tertiary/aromatic N) is 1. The molecule has 0 amide bonds. The van der Waals surface area contributed by atoms with Crippen LogP contribution in [0.2, 0.25) is 0 Å². The van der Waals surface area contributed by atoms with Crippen molar-refractivity contribution in [3.63, 3.8) is 0 Å². The highest BCUT2D eigenvalue weighted by molar-refractivity contribution is 5.50. The van der Waals surface area contributed by atoms with Crippen molar-refractivity contribution in [1.82, 2.24) is 0 Å². The molecule has 3 heterocycles. The van der Waals surface area contributed by atoms with Gasteiger partial charge in [-0.15, -0.1) is 0 Å². The highest BCUT2D eigenvalue weighted by Gasteiger charge is 2.43. The molecule has 1 aromatic carbocycles. The van der Waals surface area contributed by atoms with Gasteiger partial charge in [0.25, 0.3) is 0 Å². The molecule has 90 valence electrons. The fourth-order valence-electron chi connectivity index (χ4n) is 3.77. The zero-order valence-electron chi connectivity index (χ0n) is 10.2. The highest BCUT2D eigenvalue weighted by atomic mass is 16.7. The molecule has 3 nitrogen and oxygen atoms in total. The van der Waals surface area contributed by atoms with Gasteiger partial charge in [-0.05, 0) is 17.7 Å². The average Bonchev–Trinajstić information content (AvgIpc) is 2.91. The fraction of sp³-hybridized carbons (Fsp3) is 0.571. The van der Waals surface area contributed by atoms with Crippen molar-refractivity contribution in [2.24, 2.45) is 0 Å². The third-order valence-electron chi connectivity index (χ3n) is 4.78. The first kappa shape index (κ1) is 9.77. The van der Waals surface area contributed by atoms with Gasteiger partial charge in [0.1, 0.15) is 6.04 Å². The van der Waals surface area contributed by atoms with Gasteiger partial charge in [0.2, 0.25) is 6.79 Å². The zero-order valence-corrected chi connectivity index (χ0v) is 10.2. The van der Waals surface area contributed by atoms with Crippen molar-refractivity contribution >= 4 is 0 Å². The van der Waals surface area contributed by atoms with Crippen LogP contribution in [0.4, 0.5) is 0 Å². The Kier molecular flexibility index (Phi) is 1.82. The summed E-state index contributed by atoms with van der Waals surface area (Å²) in [6, 6.07) is 5.14. The Labute approximate surface area is 102 Å². The van der Waals surface area contributed by atoms with Crippen LogP contribution in [0.15, 0.2) is 12.1 Å². The van der Waals surface area contributed by atoms with Gasteiger partial charge < -0.3 is 14.0 Å². The van der Waals surface area contributed by atoms with Crippen molar-refractivity contribution in [2.45, 2.75) is 25.3 Å². The largest absolute Gasteiger partial charge is 0.454 e. The molecule has 0 spiro atoms. The minimum absolute atomic E-state index is 0.384. The van der Waals surface area contributed by atoms with Crippen LogP contribution in [0.1, 0.15) is 30.0 Å². The van der Waals surface area contributed by atoms with Crippen LogP contribution in [0.5, 0.6) is 11.5 Å². The number of hydrogen-bond donors (Lipinski definition) is 0. The van der Waals surface area contributed by atoms with E-state index in [2.05, 4.69) is 19.2 Å². The van der Waals surface area contributed by atoms with Crippen LogP contribution in [0.25, 0.3) is 0 Å². The molecular formula is C14H18NO2+. The molecule has 0 saturated carbocycles. The van der Waals surface area contributed by atoms with Gasteiger partial charge in [-0.1, -0.05) is 0 Å². The molecule has 4 rings (SSSR count). The number of likely N-dealkylation sites (N-methyl/N-ethyl adjacent to an activating group) is 1. The van der Waals surface area contributed by atoms with Crippen molar-refractivity contribution in [2.75, 3.05) is 26.9 Å². The third kappa shape index (κ3) is 1.26. The summed E-state index contributed by atoms with van der Waals surface area (Å²) in [6.07, 6.45) is 3.86. The lowest BCUT2D eigenvalue weighted by atomic mass is 9.91. The lowest BCUT2D eigenvalue weighted by Gasteiger charge is -2.41. The topological polar surface area (TPSA) is 18.5 Å². The molecule has 0 N–H and O–H groups in total. The van der Waals surface area contributed by atoms with Crippen LogP contribution < -0.4 is 9.47 Å². The van der Waals surface area contributed by atoms with Gasteiger partial charge in [-0.25, -0.2) is 0 Å². The van der Waals surface area contributed by atoms with E-state index in [1.165, 1.54) is 48.0 Å². The van der Waals surface area contributed by atoms with Gasteiger partial charge in [-0.2, -0.15) is 0 Å². The van der Waals surface area contributed by atoms with E-state index in [4.69, 9.17) is 9.47 Å². The molecule has 17 heavy (non-hydrogen) atoms. The van der Waals surface area contributed by atoms with Gasteiger partial charge in [0, 0.05) is 24.8 Å². The Bertz CT molecular complexity index is 485. The van der Waals surface area contributed by atoms with E-state index >= 15 is 0 Å². The third-order valence-corrected chi connectivity index (χ3v) is 4.78. The van der Waals surface area contributed by atoms with Gasteiger partial charge >= 0.3 is 0 Å². The van der Waals surface area contributed by atoms with Crippen LogP contribution in [0.3, 0.4) is 0 Å². The van der Waals surface area contributed by atoms with Crippen molar-refractivity contribution in [3.8, 4) is 11.5 Å². The Balaban J connectivity index is 1.86. The number of quaternary nitrogens is 1. The molecule has 2 atom stereocenters. The van der Waals surface area contributed by atoms with Gasteiger partial charge in [0.05, 0.1) is 20.1 Å². The van der Waals surface area contributed by atoms with E-state index in [0.29, 0.717) is 12.8 Å². The normalized spacial score (nSPS) is 33.4. The van der Waals surface area contributed by atoms with Crippen molar-refractivity contribution in [3.05, 3.63) is 23.3 Å². The smallest absolute Gasteiger partial charge is 0.231 e. The molecular weight excluding hydrogens is 214 g/mol. The summed E-state index contributed by atoms with van der Waals surface area (Å²) >= 11 is 0. The number of hydrogen-bond acceptors (Lipinski definition) is 2. The second kappa shape index (κ2) is 3.16. The molecule has 0 aromatic heterocycles. The maximum atomic E-state index is 5.52. The second-order valence-corrected chi connectivity index (χ2v) is 5.74. The van der Waals surface area contributed by atoms with Gasteiger partial charge in [-0.3, -0.25) is 0 Å². The maximum absolute atomic E-state index is 5.52. The van der Waals surface area contributed by atoms with E-state index in [0.717, 1.165) is 11.5 Å². The van der Waals surface area contributed by atoms with Gasteiger partial charge in [0.15, 0.2) is 11.5 Å². The predicted molar refractivity (Wildman–Crippen MR) is 64.2 cm³/mol. The Morgan fingerprint density at radius 2 is 2.00 bits per heavy atom. The lowest BCUT2D eigenvalue weighted by molar-refractivity contribution is -0.928. The molecule has 1 aromatic rings. The first-order chi connectivity index (χ1) is 8.26. The molecule has 1 saturated heterocycles. The first-order valence-electron chi connectivity index (χ1n) is 6.53. The summed E-state index contributed by atoms with van der Waals surface area (Å²) in [4.78, 5) is 0. The van der Waals surface area contributed by atoms with E-state index in [1.807, 2.05) is 0 Å². The average molecular weight is 232 g/mol. The molecule has 3 heteroatoms. The molecule has 1 unspecified atom stereocenters. The van der Waals surface area contributed by atoms with Crippen LogP contribution >= 0.6 is 0 Å². The number of fused-ring (bicyclic) bond motifs is 4. The number of benzene rings is 1. The van der Waals surface area contributed by atoms with E-state index in [-0.39, 0.29) is 0 Å². The summed E-state index contributed by atoms with van der Waals surface area (Å²) in [5, 5.41) is 0. The molecule has 3 aliphatic heterocycles. The summed E-state index contributed by atoms with van der Waals surface area (Å²) in [5.41, 5.74) is 3.00. The molecule has 0 bridgehead atoms. The molecule has 0 radical (unpaired) electrons. The summed E-state index contributed by atoms with van der Waals surface area (Å²) < 4.78 is 12.2. The van der Waals surface area contributed by atoms with Crippen LogP contribution in [0, 0.1) is 0 Å². The summed E-state index contributed by atoms with van der Waals surface area (Å²) in [6.45, 7) is 2.99. The Morgan fingerprint density at radius 1 is 1.18 bits per heavy atom.